The molecular weight excluding hydrogens is 416 g/mol. The maximum atomic E-state index is 12.5. The predicted molar refractivity (Wildman–Crippen MR) is 118 cm³/mol. The van der Waals surface area contributed by atoms with Gasteiger partial charge in [-0.15, -0.1) is 6.58 Å². The summed E-state index contributed by atoms with van der Waals surface area (Å²) in [4.78, 5) is 20.7. The second-order valence-corrected chi connectivity index (χ2v) is 8.32. The Morgan fingerprint density at radius 1 is 1.19 bits per heavy atom. The maximum absolute atomic E-state index is 12.5. The molecule has 0 amide bonds. The number of ether oxygens (including phenoxy) is 4. The van der Waals surface area contributed by atoms with Gasteiger partial charge in [-0.2, -0.15) is 0 Å². The van der Waals surface area contributed by atoms with Gasteiger partial charge in [0.05, 0.1) is 18.8 Å². The molecule has 9 heteroatoms. The highest BCUT2D eigenvalue weighted by Crippen LogP contribution is 2.29. The van der Waals surface area contributed by atoms with E-state index in [1.807, 2.05) is 13.8 Å². The van der Waals surface area contributed by atoms with Crippen LogP contribution in [0.15, 0.2) is 34.3 Å². The zero-order chi connectivity index (χ0) is 24.3. The van der Waals surface area contributed by atoms with Gasteiger partial charge in [0.2, 0.25) is 0 Å². The molecule has 0 saturated carbocycles. The highest BCUT2D eigenvalue weighted by Gasteiger charge is 2.37. The van der Waals surface area contributed by atoms with E-state index in [1.54, 1.807) is 33.8 Å². The molecule has 1 aliphatic carbocycles. The third kappa shape index (κ3) is 9.30. The van der Waals surface area contributed by atoms with Crippen molar-refractivity contribution < 1.29 is 34.0 Å². The van der Waals surface area contributed by atoms with Gasteiger partial charge in [0, 0.05) is 24.2 Å². The maximum Gasteiger partial charge on any atom is 0.333 e. The number of aliphatic imine (C=N–C) groups is 2. The lowest BCUT2D eigenvalue weighted by Gasteiger charge is -2.37. The van der Waals surface area contributed by atoms with Crippen molar-refractivity contribution in [2.45, 2.75) is 90.7 Å². The van der Waals surface area contributed by atoms with E-state index in [9.17, 15) is 15.0 Å². The molecule has 3 atom stereocenters. The van der Waals surface area contributed by atoms with Gasteiger partial charge in [0.15, 0.2) is 0 Å². The molecule has 1 aliphatic rings. The largest absolute Gasteiger partial charge is 0.596 e. The quantitative estimate of drug-likeness (QED) is 0.213. The Labute approximate surface area is 190 Å². The molecule has 0 aliphatic heterocycles. The van der Waals surface area contributed by atoms with Gasteiger partial charge in [-0.3, -0.25) is 9.98 Å². The van der Waals surface area contributed by atoms with Crippen LogP contribution in [0.3, 0.4) is 0 Å². The number of esters is 1. The minimum atomic E-state index is -0.875. The van der Waals surface area contributed by atoms with Crippen LogP contribution in [-0.2, 0) is 23.7 Å². The average molecular weight is 453 g/mol. The number of nitrogens with zero attached hydrogens (tertiary/aromatic N) is 2. The standard InChI is InChI=1S/C23H38N2O7/c1-8-12-30-21(27)24-17-13-15(20(26)29-11-4)14-18(31-16(9-2)10-3)19(17)25-22(28)32-23(5,6)7/h8,14,16-19H,1,9-13H2,2-7H3,(H,24,27)(H,25,28)/p-2/t17-,18+,19+/m0/s1. The normalized spacial score (nSPS) is 22.3. The van der Waals surface area contributed by atoms with Crippen molar-refractivity contribution in [2.24, 2.45) is 9.98 Å². The second kappa shape index (κ2) is 13.1. The lowest BCUT2D eigenvalue weighted by Crippen LogP contribution is -2.45. The van der Waals surface area contributed by atoms with E-state index in [2.05, 4.69) is 16.6 Å². The number of carbonyl (C=O) groups is 1. The summed E-state index contributed by atoms with van der Waals surface area (Å²) in [5.74, 6) is -0.527. The first-order chi connectivity index (χ1) is 15.0. The molecule has 0 aromatic rings. The summed E-state index contributed by atoms with van der Waals surface area (Å²) in [6, 6.07) is -1.75. The van der Waals surface area contributed by atoms with Gasteiger partial charge in [-0.1, -0.05) is 40.7 Å². The van der Waals surface area contributed by atoms with Crippen molar-refractivity contribution in [2.75, 3.05) is 13.2 Å². The molecule has 182 valence electrons. The van der Waals surface area contributed by atoms with E-state index in [-0.39, 0.29) is 25.7 Å². The molecule has 0 fully saturated rings. The zero-order valence-corrected chi connectivity index (χ0v) is 20.0. The van der Waals surface area contributed by atoms with Gasteiger partial charge in [0.1, 0.15) is 24.3 Å². The van der Waals surface area contributed by atoms with Gasteiger partial charge >= 0.3 is 5.97 Å². The molecule has 9 nitrogen and oxygen atoms in total. The Hall–Kier alpha value is -2.55. The van der Waals surface area contributed by atoms with Crippen LogP contribution in [0.4, 0.5) is 0 Å². The highest BCUT2D eigenvalue weighted by molar-refractivity contribution is 5.89. The van der Waals surface area contributed by atoms with Crippen LogP contribution in [0.5, 0.6) is 0 Å². The Balaban J connectivity index is 3.44. The van der Waals surface area contributed by atoms with E-state index < -0.39 is 41.9 Å². The van der Waals surface area contributed by atoms with Gasteiger partial charge in [-0.05, 0) is 25.8 Å². The van der Waals surface area contributed by atoms with Gasteiger partial charge < -0.3 is 29.2 Å². The molecule has 0 unspecified atom stereocenters. The van der Waals surface area contributed by atoms with Crippen LogP contribution in [-0.4, -0.2) is 61.2 Å². The van der Waals surface area contributed by atoms with Crippen LogP contribution < -0.4 is 10.2 Å². The topological polar surface area (TPSA) is 125 Å². The Kier molecular flexibility index (Phi) is 11.3. The number of hydrogen-bond acceptors (Lipinski definition) is 9. The van der Waals surface area contributed by atoms with Crippen molar-refractivity contribution in [3.63, 3.8) is 0 Å². The fraction of sp³-hybridized carbons (Fsp3) is 0.696. The summed E-state index contributed by atoms with van der Waals surface area (Å²) in [6.45, 7) is 14.5. The molecule has 0 bridgehead atoms. The SMILES string of the molecule is C=CCOC([O-])=N[C@H]1CC(C(=O)OCC)=C[C@@H](OC(CC)CC)[C@@H]1N=C([O-])OC(C)(C)C. The lowest BCUT2D eigenvalue weighted by atomic mass is 9.88. The molecule has 1 rings (SSSR count). The average Bonchev–Trinajstić information content (AvgIpc) is 2.70. The van der Waals surface area contributed by atoms with E-state index in [0.717, 1.165) is 12.8 Å². The van der Waals surface area contributed by atoms with Crippen molar-refractivity contribution in [1.82, 2.24) is 0 Å². The first-order valence-corrected chi connectivity index (χ1v) is 11.0. The molecular formula is C23H36N2O7-2. The molecule has 0 radical (unpaired) electrons. The number of carbonyl (C=O) groups excluding carboxylic acids is 1. The first kappa shape index (κ1) is 27.5. The second-order valence-electron chi connectivity index (χ2n) is 8.32. The van der Waals surface area contributed by atoms with Crippen LogP contribution in [0.25, 0.3) is 0 Å². The van der Waals surface area contributed by atoms with Gasteiger partial charge in [0.25, 0.3) is 0 Å². The highest BCUT2D eigenvalue weighted by atomic mass is 16.6. The van der Waals surface area contributed by atoms with Crippen LogP contribution in [0, 0.1) is 0 Å². The summed E-state index contributed by atoms with van der Waals surface area (Å²) in [5, 5.41) is 24.7. The van der Waals surface area contributed by atoms with E-state index in [4.69, 9.17) is 18.9 Å². The smallest absolute Gasteiger partial charge is 0.333 e. The predicted octanol–water partition coefficient (Wildman–Crippen LogP) is 1.64. The molecule has 0 N–H and O–H groups in total. The van der Waals surface area contributed by atoms with Crippen molar-refractivity contribution in [3.05, 3.63) is 24.3 Å². The van der Waals surface area contributed by atoms with Crippen molar-refractivity contribution in [1.29, 1.82) is 0 Å². The molecule has 32 heavy (non-hydrogen) atoms. The third-order valence-corrected chi connectivity index (χ3v) is 4.57. The number of hydrogen-bond donors (Lipinski definition) is 0. The Morgan fingerprint density at radius 3 is 2.38 bits per heavy atom. The molecule has 0 aromatic carbocycles. The lowest BCUT2D eigenvalue weighted by molar-refractivity contribution is -0.261. The summed E-state index contributed by atoms with van der Waals surface area (Å²) in [5.41, 5.74) is -0.439. The molecule has 0 spiro atoms. The molecule has 0 saturated heterocycles. The molecule has 0 aromatic heterocycles. The monoisotopic (exact) mass is 452 g/mol. The zero-order valence-electron chi connectivity index (χ0n) is 20.0. The van der Waals surface area contributed by atoms with Gasteiger partial charge in [-0.25, -0.2) is 4.79 Å². The minimum absolute atomic E-state index is 0.0167. The summed E-state index contributed by atoms with van der Waals surface area (Å²) in [6.07, 6.45) is 1.95. The third-order valence-electron chi connectivity index (χ3n) is 4.57. The molecule has 0 heterocycles. The first-order valence-electron chi connectivity index (χ1n) is 11.0. The van der Waals surface area contributed by atoms with Crippen LogP contribution in [0.2, 0.25) is 0 Å². The summed E-state index contributed by atoms with van der Waals surface area (Å²) >= 11 is 0. The van der Waals surface area contributed by atoms with E-state index >= 15 is 0 Å². The van der Waals surface area contributed by atoms with Crippen LogP contribution in [0.1, 0.15) is 60.8 Å². The Morgan fingerprint density at radius 2 is 1.84 bits per heavy atom. The van der Waals surface area contributed by atoms with E-state index in [1.165, 1.54) is 6.08 Å². The fourth-order valence-electron chi connectivity index (χ4n) is 3.12. The summed E-state index contributed by atoms with van der Waals surface area (Å²) in [7, 11) is 0. The fourth-order valence-corrected chi connectivity index (χ4v) is 3.12. The number of rotatable bonds is 10. The van der Waals surface area contributed by atoms with E-state index in [0.29, 0.717) is 5.57 Å². The summed E-state index contributed by atoms with van der Waals surface area (Å²) < 4.78 is 21.6. The Bertz CT molecular complexity index is 706. The van der Waals surface area contributed by atoms with Crippen molar-refractivity contribution >= 4 is 18.1 Å². The van der Waals surface area contributed by atoms with Crippen molar-refractivity contribution in [3.8, 4) is 0 Å². The van der Waals surface area contributed by atoms with Crippen LogP contribution >= 0.6 is 0 Å². The minimum Gasteiger partial charge on any atom is -0.596 e.